The van der Waals surface area contributed by atoms with Crippen LogP contribution < -0.4 is 5.32 Å². The number of carbonyl (C=O) groups is 1. The number of pyridine rings is 1. The predicted molar refractivity (Wildman–Crippen MR) is 106 cm³/mol. The molecule has 2 heterocycles. The van der Waals surface area contributed by atoms with Crippen molar-refractivity contribution in [3.8, 4) is 11.4 Å². The number of aromatic nitrogens is 3. The summed E-state index contributed by atoms with van der Waals surface area (Å²) in [6, 6.07) is 11.1. The van der Waals surface area contributed by atoms with Crippen molar-refractivity contribution < 1.29 is 9.32 Å². The summed E-state index contributed by atoms with van der Waals surface area (Å²) in [5, 5.41) is 7.90. The van der Waals surface area contributed by atoms with Crippen molar-refractivity contribution >= 4 is 17.5 Å². The molecule has 0 saturated heterocycles. The van der Waals surface area contributed by atoms with Crippen LogP contribution in [0.15, 0.2) is 53.3 Å². The Morgan fingerprint density at radius 2 is 1.86 bits per heavy atom. The van der Waals surface area contributed by atoms with E-state index in [4.69, 9.17) is 16.1 Å². The van der Waals surface area contributed by atoms with Gasteiger partial charge in [0.1, 0.15) is 5.54 Å². The Labute approximate surface area is 168 Å². The molecule has 0 radical (unpaired) electrons. The summed E-state index contributed by atoms with van der Waals surface area (Å²) in [4.78, 5) is 21.4. The van der Waals surface area contributed by atoms with Crippen molar-refractivity contribution in [1.82, 2.24) is 20.4 Å². The number of amides is 1. The highest BCUT2D eigenvalue weighted by atomic mass is 35.5. The second-order valence-corrected chi connectivity index (χ2v) is 7.53. The molecular weight excluding hydrogens is 376 g/mol. The minimum Gasteiger partial charge on any atom is -0.341 e. The van der Waals surface area contributed by atoms with Gasteiger partial charge in [0.25, 0.3) is 5.89 Å². The molecule has 0 atom stereocenters. The first-order chi connectivity index (χ1) is 13.7. The zero-order valence-corrected chi connectivity index (χ0v) is 16.2. The quantitative estimate of drug-likeness (QED) is 0.695. The van der Waals surface area contributed by atoms with Crippen LogP contribution in [0, 0.1) is 0 Å². The molecule has 1 aliphatic carbocycles. The third kappa shape index (κ3) is 3.92. The smallest absolute Gasteiger partial charge is 0.252 e. The summed E-state index contributed by atoms with van der Waals surface area (Å²) >= 11 is 6.21. The zero-order chi connectivity index (χ0) is 19.4. The average Bonchev–Trinajstić information content (AvgIpc) is 3.22. The fraction of sp³-hybridized carbons (Fsp3) is 0.333. The van der Waals surface area contributed by atoms with E-state index in [1.54, 1.807) is 18.5 Å². The van der Waals surface area contributed by atoms with Gasteiger partial charge in [0.05, 0.1) is 6.42 Å². The van der Waals surface area contributed by atoms with Crippen LogP contribution in [-0.2, 0) is 16.8 Å². The number of hydrogen-bond acceptors (Lipinski definition) is 5. The summed E-state index contributed by atoms with van der Waals surface area (Å²) in [6.45, 7) is 0. The Morgan fingerprint density at radius 3 is 2.61 bits per heavy atom. The van der Waals surface area contributed by atoms with E-state index in [2.05, 4.69) is 20.4 Å². The molecular formula is C21H21ClN4O2. The van der Waals surface area contributed by atoms with E-state index >= 15 is 0 Å². The van der Waals surface area contributed by atoms with Crippen LogP contribution in [-0.4, -0.2) is 21.0 Å². The summed E-state index contributed by atoms with van der Waals surface area (Å²) in [6.07, 6.45) is 8.28. The average molecular weight is 397 g/mol. The van der Waals surface area contributed by atoms with Crippen LogP contribution >= 0.6 is 11.6 Å². The number of halogens is 1. The van der Waals surface area contributed by atoms with Crippen molar-refractivity contribution in [3.63, 3.8) is 0 Å². The number of hydrogen-bond donors (Lipinski definition) is 1. The molecule has 1 saturated carbocycles. The van der Waals surface area contributed by atoms with E-state index in [1.165, 1.54) is 0 Å². The van der Waals surface area contributed by atoms with Crippen molar-refractivity contribution in [3.05, 3.63) is 65.3 Å². The Kier molecular flexibility index (Phi) is 5.39. The van der Waals surface area contributed by atoms with Gasteiger partial charge >= 0.3 is 0 Å². The highest BCUT2D eigenvalue weighted by molar-refractivity contribution is 6.31. The Morgan fingerprint density at radius 1 is 1.11 bits per heavy atom. The Balaban J connectivity index is 1.58. The number of carbonyl (C=O) groups excluding carboxylic acids is 1. The maximum absolute atomic E-state index is 12.8. The lowest BCUT2D eigenvalue weighted by molar-refractivity contribution is -0.123. The largest absolute Gasteiger partial charge is 0.341 e. The van der Waals surface area contributed by atoms with Crippen LogP contribution in [0.25, 0.3) is 11.4 Å². The minimum absolute atomic E-state index is 0.0985. The van der Waals surface area contributed by atoms with E-state index in [0.717, 1.165) is 43.2 Å². The van der Waals surface area contributed by atoms with Gasteiger partial charge in [-0.1, -0.05) is 54.2 Å². The molecule has 0 unspecified atom stereocenters. The molecule has 0 bridgehead atoms. The van der Waals surface area contributed by atoms with Gasteiger partial charge in [-0.05, 0) is 36.6 Å². The molecule has 144 valence electrons. The van der Waals surface area contributed by atoms with E-state index in [-0.39, 0.29) is 12.3 Å². The Hall–Kier alpha value is -2.73. The maximum atomic E-state index is 12.8. The van der Waals surface area contributed by atoms with Gasteiger partial charge < -0.3 is 9.84 Å². The molecule has 0 aliphatic heterocycles. The van der Waals surface area contributed by atoms with Crippen LogP contribution in [0.5, 0.6) is 0 Å². The Bertz CT molecular complexity index is 952. The predicted octanol–water partition coefficient (Wildman–Crippen LogP) is 4.30. The topological polar surface area (TPSA) is 80.9 Å². The van der Waals surface area contributed by atoms with Crippen molar-refractivity contribution in [2.75, 3.05) is 0 Å². The molecule has 2 aromatic heterocycles. The lowest BCUT2D eigenvalue weighted by Crippen LogP contribution is -2.48. The van der Waals surface area contributed by atoms with Crippen LogP contribution in [0.1, 0.15) is 43.6 Å². The first-order valence-electron chi connectivity index (χ1n) is 9.45. The fourth-order valence-electron chi connectivity index (χ4n) is 3.71. The molecule has 1 aliphatic rings. The van der Waals surface area contributed by atoms with E-state index in [0.29, 0.717) is 16.7 Å². The fourth-order valence-corrected chi connectivity index (χ4v) is 3.91. The van der Waals surface area contributed by atoms with Crippen molar-refractivity contribution in [1.29, 1.82) is 0 Å². The highest BCUT2D eigenvalue weighted by Gasteiger charge is 2.40. The van der Waals surface area contributed by atoms with Crippen LogP contribution in [0.3, 0.4) is 0 Å². The molecule has 1 aromatic carbocycles. The normalized spacial score (nSPS) is 15.9. The van der Waals surface area contributed by atoms with Crippen LogP contribution in [0.2, 0.25) is 5.02 Å². The third-order valence-electron chi connectivity index (χ3n) is 5.17. The first kappa shape index (κ1) is 18.6. The van der Waals surface area contributed by atoms with Crippen LogP contribution in [0.4, 0.5) is 0 Å². The molecule has 6 nitrogen and oxygen atoms in total. The second kappa shape index (κ2) is 8.10. The molecule has 4 rings (SSSR count). The molecule has 1 fully saturated rings. The standard InChI is InChI=1S/C21H21ClN4O2/c22-17-7-3-2-6-16(17)14-18(27)25-21(10-4-1-5-11-21)20-24-19(26-28-20)15-8-12-23-13-9-15/h2-3,6-9,12-13H,1,4-5,10-11,14H2,(H,25,27). The lowest BCUT2D eigenvalue weighted by atomic mass is 9.81. The molecule has 0 spiro atoms. The minimum atomic E-state index is -0.630. The van der Waals surface area contributed by atoms with Gasteiger partial charge in [0.15, 0.2) is 0 Å². The van der Waals surface area contributed by atoms with Gasteiger partial charge in [-0.2, -0.15) is 4.98 Å². The summed E-state index contributed by atoms with van der Waals surface area (Å²) < 4.78 is 5.61. The van der Waals surface area contributed by atoms with Gasteiger partial charge in [-0.3, -0.25) is 9.78 Å². The second-order valence-electron chi connectivity index (χ2n) is 7.12. The molecule has 28 heavy (non-hydrogen) atoms. The van der Waals surface area contributed by atoms with E-state index < -0.39 is 5.54 Å². The number of nitrogens with one attached hydrogen (secondary N) is 1. The number of rotatable bonds is 5. The summed E-state index contributed by atoms with van der Waals surface area (Å²) in [5.41, 5.74) is 1.00. The van der Waals surface area contributed by atoms with E-state index in [1.807, 2.05) is 30.3 Å². The van der Waals surface area contributed by atoms with E-state index in [9.17, 15) is 4.79 Å². The molecule has 1 N–H and O–H groups in total. The molecule has 3 aromatic rings. The molecule has 7 heteroatoms. The van der Waals surface area contributed by atoms with Crippen molar-refractivity contribution in [2.24, 2.45) is 0 Å². The lowest BCUT2D eigenvalue weighted by Gasteiger charge is -2.34. The molecule has 1 amide bonds. The summed E-state index contributed by atoms with van der Waals surface area (Å²) in [5.74, 6) is 0.868. The third-order valence-corrected chi connectivity index (χ3v) is 5.54. The van der Waals surface area contributed by atoms with Crippen molar-refractivity contribution in [2.45, 2.75) is 44.1 Å². The number of nitrogens with zero attached hydrogens (tertiary/aromatic N) is 3. The first-order valence-corrected chi connectivity index (χ1v) is 9.83. The van der Waals surface area contributed by atoms with Gasteiger partial charge in [-0.25, -0.2) is 0 Å². The monoisotopic (exact) mass is 396 g/mol. The van der Waals surface area contributed by atoms with Gasteiger partial charge in [0, 0.05) is 23.0 Å². The van der Waals surface area contributed by atoms with Gasteiger partial charge in [0.2, 0.25) is 11.7 Å². The highest BCUT2D eigenvalue weighted by Crippen LogP contribution is 2.37. The maximum Gasteiger partial charge on any atom is 0.252 e. The summed E-state index contributed by atoms with van der Waals surface area (Å²) in [7, 11) is 0. The van der Waals surface area contributed by atoms with Gasteiger partial charge in [-0.15, -0.1) is 0 Å². The zero-order valence-electron chi connectivity index (χ0n) is 15.4. The SMILES string of the molecule is O=C(Cc1ccccc1Cl)NC1(c2nc(-c3ccncc3)no2)CCCCC1. The number of benzene rings is 1.